The second-order valence-electron chi connectivity index (χ2n) is 2.60. The lowest BCUT2D eigenvalue weighted by Gasteiger charge is -2.14. The monoisotopic (exact) mass is 248 g/mol. The minimum atomic E-state index is -5.05. The normalized spacial score (nSPS) is 15.4. The SMILES string of the molecule is CCC(CCO)S(=O)(=O)OP(=O)(O)O. The molecule has 0 fully saturated rings. The highest BCUT2D eigenvalue weighted by Gasteiger charge is 2.32. The first-order chi connectivity index (χ1) is 6.23. The Hall–Kier alpha value is 0.0200. The maximum atomic E-state index is 11.1. The number of hydrogen-bond donors (Lipinski definition) is 3. The molecule has 1 unspecified atom stereocenters. The van der Waals surface area contributed by atoms with Crippen LogP contribution < -0.4 is 0 Å². The molecule has 0 rings (SSSR count). The van der Waals surface area contributed by atoms with Gasteiger partial charge in [0.05, 0.1) is 5.25 Å². The van der Waals surface area contributed by atoms with Gasteiger partial charge in [0.1, 0.15) is 0 Å². The molecule has 86 valence electrons. The van der Waals surface area contributed by atoms with Crippen LogP contribution in [0, 0.1) is 0 Å². The zero-order valence-electron chi connectivity index (χ0n) is 7.53. The maximum absolute atomic E-state index is 11.1. The van der Waals surface area contributed by atoms with E-state index >= 15 is 0 Å². The minimum Gasteiger partial charge on any atom is -0.396 e. The Morgan fingerprint density at radius 2 is 1.93 bits per heavy atom. The molecule has 0 aromatic heterocycles. The van der Waals surface area contributed by atoms with Gasteiger partial charge >= 0.3 is 7.82 Å². The predicted octanol–water partition coefficient (Wildman–Crippen LogP) is -0.413. The number of aliphatic hydroxyl groups is 1. The van der Waals surface area contributed by atoms with Crippen LogP contribution in [0.25, 0.3) is 0 Å². The predicted molar refractivity (Wildman–Crippen MR) is 47.8 cm³/mol. The second kappa shape index (κ2) is 5.20. The molecule has 0 spiro atoms. The summed E-state index contributed by atoms with van der Waals surface area (Å²) in [4.78, 5) is 16.6. The van der Waals surface area contributed by atoms with Gasteiger partial charge in [-0.2, -0.15) is 12.4 Å². The second-order valence-corrected chi connectivity index (χ2v) is 5.83. The summed E-state index contributed by atoms with van der Waals surface area (Å²) in [5.74, 6) is 0. The van der Waals surface area contributed by atoms with Crippen LogP contribution in [-0.4, -0.2) is 35.2 Å². The molecule has 0 aliphatic rings. The van der Waals surface area contributed by atoms with Gasteiger partial charge in [-0.3, -0.25) is 0 Å². The fraction of sp³-hybridized carbons (Fsp3) is 1.00. The molecule has 9 heteroatoms. The van der Waals surface area contributed by atoms with E-state index in [1.54, 1.807) is 0 Å². The average Bonchev–Trinajstić information content (AvgIpc) is 1.94. The molecule has 1 atom stereocenters. The molecule has 14 heavy (non-hydrogen) atoms. The molecular weight excluding hydrogens is 235 g/mol. The highest BCUT2D eigenvalue weighted by Crippen LogP contribution is 2.39. The Labute approximate surface area is 82.1 Å². The Morgan fingerprint density at radius 3 is 2.21 bits per heavy atom. The summed E-state index contributed by atoms with van der Waals surface area (Å²) in [7, 11) is -9.36. The first-order valence-corrected chi connectivity index (χ1v) is 6.84. The highest BCUT2D eigenvalue weighted by atomic mass is 32.2. The Morgan fingerprint density at radius 1 is 1.43 bits per heavy atom. The summed E-state index contributed by atoms with van der Waals surface area (Å²) in [6, 6.07) is 0. The molecule has 0 aromatic carbocycles. The lowest BCUT2D eigenvalue weighted by molar-refractivity contribution is 0.268. The number of aliphatic hydroxyl groups excluding tert-OH is 1. The van der Waals surface area contributed by atoms with Crippen molar-refractivity contribution in [2.75, 3.05) is 6.61 Å². The lowest BCUT2D eigenvalue weighted by atomic mass is 10.2. The molecular formula is C5H13O7PS. The summed E-state index contributed by atoms with van der Waals surface area (Å²) in [5, 5.41) is 7.42. The van der Waals surface area contributed by atoms with Crippen LogP contribution in [0.3, 0.4) is 0 Å². The van der Waals surface area contributed by atoms with Crippen molar-refractivity contribution >= 4 is 17.9 Å². The molecule has 0 amide bonds. The molecule has 0 aliphatic carbocycles. The molecule has 7 nitrogen and oxygen atoms in total. The van der Waals surface area contributed by atoms with Gasteiger partial charge in [-0.05, 0) is 12.8 Å². The first kappa shape index (κ1) is 14.0. The molecule has 0 saturated heterocycles. The van der Waals surface area contributed by atoms with Crippen LogP contribution >= 0.6 is 7.82 Å². The summed E-state index contributed by atoms with van der Waals surface area (Å²) in [6.07, 6.45) is 0.00171. The Bertz CT molecular complexity index is 304. The van der Waals surface area contributed by atoms with E-state index in [0.717, 1.165) is 0 Å². The van der Waals surface area contributed by atoms with Crippen LogP contribution in [0.15, 0.2) is 0 Å². The molecule has 0 radical (unpaired) electrons. The Balaban J connectivity index is 4.67. The van der Waals surface area contributed by atoms with Crippen molar-refractivity contribution in [1.82, 2.24) is 0 Å². The van der Waals surface area contributed by atoms with Crippen LogP contribution in [0.5, 0.6) is 0 Å². The van der Waals surface area contributed by atoms with Crippen molar-refractivity contribution in [3.05, 3.63) is 0 Å². The largest absolute Gasteiger partial charge is 0.484 e. The maximum Gasteiger partial charge on any atom is 0.484 e. The zero-order valence-corrected chi connectivity index (χ0v) is 9.24. The Kier molecular flexibility index (Phi) is 5.21. The molecule has 0 heterocycles. The molecule has 0 aromatic rings. The molecule has 0 aliphatic heterocycles. The van der Waals surface area contributed by atoms with E-state index in [0.29, 0.717) is 0 Å². The lowest BCUT2D eigenvalue weighted by Crippen LogP contribution is -2.23. The molecule has 0 saturated carbocycles. The van der Waals surface area contributed by atoms with Crippen molar-refractivity contribution in [2.24, 2.45) is 0 Å². The fourth-order valence-electron chi connectivity index (χ4n) is 0.893. The van der Waals surface area contributed by atoms with Gasteiger partial charge < -0.3 is 14.9 Å². The van der Waals surface area contributed by atoms with Gasteiger partial charge in [0.25, 0.3) is 10.1 Å². The number of rotatable bonds is 6. The van der Waals surface area contributed by atoms with Crippen LogP contribution in [0.2, 0.25) is 0 Å². The van der Waals surface area contributed by atoms with Crippen LogP contribution in [0.4, 0.5) is 0 Å². The van der Waals surface area contributed by atoms with Gasteiger partial charge in [0, 0.05) is 6.61 Å². The summed E-state index contributed by atoms with van der Waals surface area (Å²) in [5.41, 5.74) is 0. The number of phosphoric acid groups is 1. The van der Waals surface area contributed by atoms with Crippen LogP contribution in [0.1, 0.15) is 19.8 Å². The standard InChI is InChI=1S/C5H13O7PS/c1-2-5(3-4-6)14(10,11)12-13(7,8)9/h5-6H,2-4H2,1H3,(H2,7,8,9). The van der Waals surface area contributed by atoms with Gasteiger partial charge in [-0.1, -0.05) is 6.92 Å². The van der Waals surface area contributed by atoms with Crippen molar-refractivity contribution in [2.45, 2.75) is 25.0 Å². The van der Waals surface area contributed by atoms with E-state index in [9.17, 15) is 13.0 Å². The molecule has 0 bridgehead atoms. The molecule has 3 N–H and O–H groups in total. The van der Waals surface area contributed by atoms with E-state index in [-0.39, 0.29) is 19.4 Å². The fourth-order valence-corrected chi connectivity index (χ4v) is 3.26. The first-order valence-electron chi connectivity index (χ1n) is 3.84. The van der Waals surface area contributed by atoms with E-state index in [4.69, 9.17) is 14.9 Å². The van der Waals surface area contributed by atoms with E-state index in [2.05, 4.69) is 3.97 Å². The third-order valence-corrected chi connectivity index (χ3v) is 4.51. The van der Waals surface area contributed by atoms with E-state index < -0.39 is 23.2 Å². The van der Waals surface area contributed by atoms with Gasteiger partial charge in [-0.25, -0.2) is 4.57 Å². The van der Waals surface area contributed by atoms with Crippen molar-refractivity contribution in [3.63, 3.8) is 0 Å². The number of hydrogen-bond acceptors (Lipinski definition) is 5. The third kappa shape index (κ3) is 5.04. The van der Waals surface area contributed by atoms with Gasteiger partial charge in [0.15, 0.2) is 0 Å². The van der Waals surface area contributed by atoms with Crippen molar-refractivity contribution in [3.8, 4) is 0 Å². The van der Waals surface area contributed by atoms with Crippen molar-refractivity contribution < 1.29 is 31.8 Å². The minimum absolute atomic E-state index is 0.112. The smallest absolute Gasteiger partial charge is 0.396 e. The zero-order chi connectivity index (χ0) is 11.4. The van der Waals surface area contributed by atoms with E-state index in [1.807, 2.05) is 0 Å². The van der Waals surface area contributed by atoms with E-state index in [1.165, 1.54) is 6.92 Å². The van der Waals surface area contributed by atoms with Gasteiger partial charge in [0.2, 0.25) is 0 Å². The van der Waals surface area contributed by atoms with Crippen molar-refractivity contribution in [1.29, 1.82) is 0 Å². The topological polar surface area (TPSA) is 121 Å². The quantitative estimate of drug-likeness (QED) is 0.546. The highest BCUT2D eigenvalue weighted by molar-refractivity contribution is 7.91. The summed E-state index contributed by atoms with van der Waals surface area (Å²) in [6.45, 7) is 1.13. The van der Waals surface area contributed by atoms with Gasteiger partial charge in [-0.15, -0.1) is 0 Å². The van der Waals surface area contributed by atoms with Crippen LogP contribution in [-0.2, 0) is 18.7 Å². The summed E-state index contributed by atoms with van der Waals surface area (Å²) < 4.78 is 36.2. The third-order valence-electron chi connectivity index (χ3n) is 1.52. The summed E-state index contributed by atoms with van der Waals surface area (Å²) >= 11 is 0. The average molecular weight is 248 g/mol.